The molecular weight excluding hydrogens is 160 g/mol. The highest BCUT2D eigenvalue weighted by atomic mass is 14.6. The molecule has 2 atom stereocenters. The molecule has 2 N–H and O–H groups in total. The summed E-state index contributed by atoms with van der Waals surface area (Å²) in [6, 6.07) is 2.31. The Hall–Kier alpha value is -0.890. The van der Waals surface area contributed by atoms with Gasteiger partial charge in [-0.05, 0) is 43.4 Å². The highest BCUT2D eigenvalue weighted by Gasteiger charge is 2.09. The highest BCUT2D eigenvalue weighted by Crippen LogP contribution is 2.21. The molecule has 2 heteroatoms. The number of hydrogen-bond acceptors (Lipinski definition) is 2. The fraction of sp³-hybridized carbons (Fsp3) is 0.545. The lowest BCUT2D eigenvalue weighted by atomic mass is 9.93. The zero-order valence-corrected chi connectivity index (χ0v) is 8.62. The predicted octanol–water partition coefficient (Wildman–Crippen LogP) is 2.23. The van der Waals surface area contributed by atoms with Crippen LogP contribution >= 0.6 is 0 Å². The SMILES string of the molecule is Cc1ccncc1C(C)CC(C)N. The van der Waals surface area contributed by atoms with Crippen molar-refractivity contribution in [2.24, 2.45) is 5.73 Å². The second-order valence-corrected chi connectivity index (χ2v) is 3.85. The number of hydrogen-bond donors (Lipinski definition) is 1. The quantitative estimate of drug-likeness (QED) is 0.771. The van der Waals surface area contributed by atoms with Crippen LogP contribution in [0.4, 0.5) is 0 Å². The van der Waals surface area contributed by atoms with Crippen LogP contribution in [0.2, 0.25) is 0 Å². The summed E-state index contributed by atoms with van der Waals surface area (Å²) in [6.45, 7) is 6.37. The van der Waals surface area contributed by atoms with E-state index in [1.807, 2.05) is 25.4 Å². The highest BCUT2D eigenvalue weighted by molar-refractivity contribution is 5.24. The molecular formula is C11H18N2. The third kappa shape index (κ3) is 2.81. The minimum Gasteiger partial charge on any atom is -0.328 e. The van der Waals surface area contributed by atoms with E-state index >= 15 is 0 Å². The fourth-order valence-corrected chi connectivity index (χ4v) is 1.68. The van der Waals surface area contributed by atoms with Gasteiger partial charge >= 0.3 is 0 Å². The number of pyridine rings is 1. The van der Waals surface area contributed by atoms with Crippen molar-refractivity contribution in [3.8, 4) is 0 Å². The smallest absolute Gasteiger partial charge is 0.0305 e. The van der Waals surface area contributed by atoms with Crippen LogP contribution in [0.1, 0.15) is 37.3 Å². The normalized spacial score (nSPS) is 15.4. The molecule has 0 aromatic carbocycles. The average molecular weight is 178 g/mol. The molecule has 0 saturated carbocycles. The summed E-state index contributed by atoms with van der Waals surface area (Å²) >= 11 is 0. The van der Waals surface area contributed by atoms with Gasteiger partial charge in [0.05, 0.1) is 0 Å². The van der Waals surface area contributed by atoms with Crippen LogP contribution in [-0.4, -0.2) is 11.0 Å². The van der Waals surface area contributed by atoms with Crippen LogP contribution in [0.3, 0.4) is 0 Å². The Morgan fingerprint density at radius 2 is 2.15 bits per heavy atom. The van der Waals surface area contributed by atoms with E-state index in [-0.39, 0.29) is 6.04 Å². The predicted molar refractivity (Wildman–Crippen MR) is 55.7 cm³/mol. The van der Waals surface area contributed by atoms with E-state index in [1.54, 1.807) is 0 Å². The van der Waals surface area contributed by atoms with Crippen molar-refractivity contribution in [2.75, 3.05) is 0 Å². The van der Waals surface area contributed by atoms with Gasteiger partial charge in [-0.3, -0.25) is 4.98 Å². The summed E-state index contributed by atoms with van der Waals surface area (Å²) in [5.41, 5.74) is 8.39. The first kappa shape index (κ1) is 10.2. The van der Waals surface area contributed by atoms with Gasteiger partial charge in [-0.15, -0.1) is 0 Å². The Balaban J connectivity index is 2.76. The van der Waals surface area contributed by atoms with Gasteiger partial charge in [-0.1, -0.05) is 6.92 Å². The van der Waals surface area contributed by atoms with E-state index in [9.17, 15) is 0 Å². The molecule has 1 heterocycles. The van der Waals surface area contributed by atoms with Gasteiger partial charge < -0.3 is 5.73 Å². The Labute approximate surface area is 80.2 Å². The lowest BCUT2D eigenvalue weighted by molar-refractivity contribution is 0.583. The first-order chi connectivity index (χ1) is 6.11. The Morgan fingerprint density at radius 1 is 1.46 bits per heavy atom. The minimum absolute atomic E-state index is 0.259. The van der Waals surface area contributed by atoms with Gasteiger partial charge in [0.25, 0.3) is 0 Å². The molecule has 0 radical (unpaired) electrons. The van der Waals surface area contributed by atoms with Crippen molar-refractivity contribution in [2.45, 2.75) is 39.2 Å². The zero-order valence-electron chi connectivity index (χ0n) is 8.62. The molecule has 0 amide bonds. The van der Waals surface area contributed by atoms with E-state index in [2.05, 4.69) is 18.8 Å². The molecule has 0 aliphatic carbocycles. The maximum Gasteiger partial charge on any atom is 0.0305 e. The molecule has 0 bridgehead atoms. The van der Waals surface area contributed by atoms with Gasteiger partial charge in [0.1, 0.15) is 0 Å². The van der Waals surface area contributed by atoms with Crippen LogP contribution in [0.5, 0.6) is 0 Å². The lowest BCUT2D eigenvalue weighted by Crippen LogP contribution is -2.17. The second kappa shape index (κ2) is 4.38. The van der Waals surface area contributed by atoms with Gasteiger partial charge in [0.2, 0.25) is 0 Å². The van der Waals surface area contributed by atoms with E-state index in [1.165, 1.54) is 11.1 Å². The van der Waals surface area contributed by atoms with Crippen molar-refractivity contribution < 1.29 is 0 Å². The maximum absolute atomic E-state index is 5.76. The number of aryl methyl sites for hydroxylation is 1. The van der Waals surface area contributed by atoms with Crippen LogP contribution in [0.25, 0.3) is 0 Å². The Morgan fingerprint density at radius 3 is 2.69 bits per heavy atom. The summed E-state index contributed by atoms with van der Waals surface area (Å²) < 4.78 is 0. The standard InChI is InChI=1S/C11H18N2/c1-8-4-5-13-7-11(8)9(2)6-10(3)12/h4-5,7,9-10H,6,12H2,1-3H3. The second-order valence-electron chi connectivity index (χ2n) is 3.85. The Kier molecular flexibility index (Phi) is 3.43. The van der Waals surface area contributed by atoms with Gasteiger partial charge in [0, 0.05) is 18.4 Å². The molecule has 1 aromatic rings. The maximum atomic E-state index is 5.76. The average Bonchev–Trinajstić information content (AvgIpc) is 2.03. The first-order valence-electron chi connectivity index (χ1n) is 4.77. The largest absolute Gasteiger partial charge is 0.328 e. The van der Waals surface area contributed by atoms with Crippen molar-refractivity contribution in [1.29, 1.82) is 0 Å². The molecule has 1 aromatic heterocycles. The van der Waals surface area contributed by atoms with Crippen LogP contribution in [0.15, 0.2) is 18.5 Å². The monoisotopic (exact) mass is 178 g/mol. The number of aromatic nitrogens is 1. The number of rotatable bonds is 3. The third-order valence-corrected chi connectivity index (χ3v) is 2.34. The van der Waals surface area contributed by atoms with E-state index in [4.69, 9.17) is 5.73 Å². The van der Waals surface area contributed by atoms with Crippen molar-refractivity contribution in [1.82, 2.24) is 4.98 Å². The van der Waals surface area contributed by atoms with E-state index < -0.39 is 0 Å². The summed E-state index contributed by atoms with van der Waals surface area (Å²) in [4.78, 5) is 4.13. The molecule has 72 valence electrons. The third-order valence-electron chi connectivity index (χ3n) is 2.34. The Bertz CT molecular complexity index is 269. The van der Waals surface area contributed by atoms with Crippen LogP contribution < -0.4 is 5.73 Å². The molecule has 2 nitrogen and oxygen atoms in total. The topological polar surface area (TPSA) is 38.9 Å². The van der Waals surface area contributed by atoms with Crippen molar-refractivity contribution in [3.05, 3.63) is 29.6 Å². The van der Waals surface area contributed by atoms with Crippen molar-refractivity contribution in [3.63, 3.8) is 0 Å². The molecule has 2 unspecified atom stereocenters. The lowest BCUT2D eigenvalue weighted by Gasteiger charge is -2.15. The van der Waals surface area contributed by atoms with Gasteiger partial charge in [-0.2, -0.15) is 0 Å². The first-order valence-corrected chi connectivity index (χ1v) is 4.77. The molecule has 0 aliphatic heterocycles. The summed E-state index contributed by atoms with van der Waals surface area (Å²) in [5.74, 6) is 0.508. The molecule has 0 aliphatic rings. The van der Waals surface area contributed by atoms with Crippen LogP contribution in [0, 0.1) is 6.92 Å². The van der Waals surface area contributed by atoms with Crippen LogP contribution in [-0.2, 0) is 0 Å². The summed E-state index contributed by atoms with van der Waals surface area (Å²) in [6.07, 6.45) is 4.80. The fourth-order valence-electron chi connectivity index (χ4n) is 1.68. The molecule has 1 rings (SSSR count). The molecule has 0 spiro atoms. The molecule has 13 heavy (non-hydrogen) atoms. The van der Waals surface area contributed by atoms with Crippen molar-refractivity contribution >= 4 is 0 Å². The van der Waals surface area contributed by atoms with E-state index in [0.717, 1.165) is 6.42 Å². The summed E-state index contributed by atoms with van der Waals surface area (Å²) in [7, 11) is 0. The van der Waals surface area contributed by atoms with Gasteiger partial charge in [0.15, 0.2) is 0 Å². The number of nitrogens with two attached hydrogens (primary N) is 1. The minimum atomic E-state index is 0.259. The summed E-state index contributed by atoms with van der Waals surface area (Å²) in [5, 5.41) is 0. The zero-order chi connectivity index (χ0) is 9.84. The van der Waals surface area contributed by atoms with Gasteiger partial charge in [-0.25, -0.2) is 0 Å². The van der Waals surface area contributed by atoms with E-state index in [0.29, 0.717) is 5.92 Å². The molecule has 0 fully saturated rings. The number of nitrogens with zero attached hydrogens (tertiary/aromatic N) is 1. The molecule has 0 saturated heterocycles.